The van der Waals surface area contributed by atoms with Crippen LogP contribution in [0.25, 0.3) is 0 Å². The van der Waals surface area contributed by atoms with E-state index in [0.717, 1.165) is 0 Å². The van der Waals surface area contributed by atoms with Crippen molar-refractivity contribution < 1.29 is 19.8 Å². The number of nitrogens with one attached hydrogen (secondary N) is 2. The molecule has 1 rings (SSSR count). The summed E-state index contributed by atoms with van der Waals surface area (Å²) >= 11 is 0. The zero-order valence-corrected chi connectivity index (χ0v) is 8.02. The molecule has 0 saturated carbocycles. The van der Waals surface area contributed by atoms with Gasteiger partial charge in [0.1, 0.15) is 0 Å². The predicted octanol–water partition coefficient (Wildman–Crippen LogP) is -2.27. The summed E-state index contributed by atoms with van der Waals surface area (Å²) in [4.78, 5) is 21.9. The number of hydrogen-bond acceptors (Lipinski definition) is 4. The molecule has 1 aliphatic rings. The second kappa shape index (κ2) is 3.93. The van der Waals surface area contributed by atoms with Gasteiger partial charge in [0.15, 0.2) is 6.10 Å². The highest BCUT2D eigenvalue weighted by Gasteiger charge is 2.40. The summed E-state index contributed by atoms with van der Waals surface area (Å²) in [7, 11) is 0. The topological polar surface area (TPSA) is 98.7 Å². The summed E-state index contributed by atoms with van der Waals surface area (Å²) < 4.78 is 0. The van der Waals surface area contributed by atoms with Crippen molar-refractivity contribution in [1.82, 2.24) is 10.6 Å². The van der Waals surface area contributed by atoms with Crippen LogP contribution in [0.5, 0.6) is 0 Å². The van der Waals surface area contributed by atoms with Crippen molar-refractivity contribution in [3.05, 3.63) is 0 Å². The quantitative estimate of drug-likeness (QED) is 0.385. The third kappa shape index (κ3) is 2.02. The standard InChI is InChI=1S/C8H14N2O4/c1-3-6(12)5(10-4(2)11)7(13)8(14)9-3/h3,5-7,12-13H,1-2H3,(H,9,14)(H,10,11). The van der Waals surface area contributed by atoms with Crippen molar-refractivity contribution in [2.75, 3.05) is 0 Å². The molecule has 1 fully saturated rings. The fourth-order valence-corrected chi connectivity index (χ4v) is 1.46. The Labute approximate surface area is 81.3 Å². The summed E-state index contributed by atoms with van der Waals surface area (Å²) in [5.41, 5.74) is 0. The molecule has 6 nitrogen and oxygen atoms in total. The number of amides is 2. The summed E-state index contributed by atoms with van der Waals surface area (Å²) in [6.45, 7) is 2.86. The molecule has 6 heteroatoms. The molecule has 2 amide bonds. The fourth-order valence-electron chi connectivity index (χ4n) is 1.46. The van der Waals surface area contributed by atoms with Gasteiger partial charge in [-0.25, -0.2) is 0 Å². The van der Waals surface area contributed by atoms with Gasteiger partial charge in [-0.1, -0.05) is 0 Å². The van der Waals surface area contributed by atoms with Crippen LogP contribution in [0.4, 0.5) is 0 Å². The van der Waals surface area contributed by atoms with Crippen molar-refractivity contribution >= 4 is 11.8 Å². The predicted molar refractivity (Wildman–Crippen MR) is 47.2 cm³/mol. The van der Waals surface area contributed by atoms with Gasteiger partial charge in [-0.3, -0.25) is 9.59 Å². The average molecular weight is 202 g/mol. The number of carbonyl (C=O) groups excluding carboxylic acids is 2. The number of piperidine rings is 1. The minimum Gasteiger partial charge on any atom is -0.389 e. The van der Waals surface area contributed by atoms with Gasteiger partial charge in [0.2, 0.25) is 5.91 Å². The van der Waals surface area contributed by atoms with Crippen molar-refractivity contribution in [1.29, 1.82) is 0 Å². The molecule has 0 aromatic heterocycles. The largest absolute Gasteiger partial charge is 0.389 e. The van der Waals surface area contributed by atoms with E-state index in [2.05, 4.69) is 10.6 Å². The molecule has 0 aromatic rings. The van der Waals surface area contributed by atoms with Crippen molar-refractivity contribution in [2.24, 2.45) is 0 Å². The van der Waals surface area contributed by atoms with E-state index in [1.165, 1.54) is 6.92 Å². The number of hydrogen-bond donors (Lipinski definition) is 4. The van der Waals surface area contributed by atoms with Crippen molar-refractivity contribution in [2.45, 2.75) is 38.1 Å². The molecule has 4 N–H and O–H groups in total. The minimum atomic E-state index is -1.40. The molecule has 0 radical (unpaired) electrons. The van der Waals surface area contributed by atoms with Crippen molar-refractivity contribution in [3.8, 4) is 0 Å². The van der Waals surface area contributed by atoms with Crippen molar-refractivity contribution in [3.63, 3.8) is 0 Å². The SMILES string of the molecule is CC(=O)NC1C(O)C(=O)NC(C)C1O. The molecule has 0 aliphatic carbocycles. The van der Waals surface area contributed by atoms with E-state index in [9.17, 15) is 19.8 Å². The van der Waals surface area contributed by atoms with Gasteiger partial charge >= 0.3 is 0 Å². The second-order valence-corrected chi connectivity index (χ2v) is 3.46. The molecule has 4 unspecified atom stereocenters. The van der Waals surface area contributed by atoms with Crippen LogP contribution in [0.3, 0.4) is 0 Å². The first-order valence-electron chi connectivity index (χ1n) is 4.37. The lowest BCUT2D eigenvalue weighted by Gasteiger charge is -2.36. The van der Waals surface area contributed by atoms with Crippen LogP contribution < -0.4 is 10.6 Å². The summed E-state index contributed by atoms with van der Waals surface area (Å²) in [5.74, 6) is -0.975. The van der Waals surface area contributed by atoms with E-state index in [4.69, 9.17) is 0 Å². The fraction of sp³-hybridized carbons (Fsp3) is 0.750. The van der Waals surface area contributed by atoms with Gasteiger partial charge in [0.05, 0.1) is 18.2 Å². The van der Waals surface area contributed by atoms with Gasteiger partial charge in [0.25, 0.3) is 5.91 Å². The lowest BCUT2D eigenvalue weighted by molar-refractivity contribution is -0.141. The van der Waals surface area contributed by atoms with Gasteiger partial charge in [-0.15, -0.1) is 0 Å². The maximum absolute atomic E-state index is 11.1. The lowest BCUT2D eigenvalue weighted by Crippen LogP contribution is -2.66. The molecular formula is C8H14N2O4. The lowest BCUT2D eigenvalue weighted by atomic mass is 9.94. The average Bonchev–Trinajstić information content (AvgIpc) is 2.09. The zero-order valence-electron chi connectivity index (χ0n) is 8.02. The molecular weight excluding hydrogens is 188 g/mol. The van der Waals surface area contributed by atoms with E-state index in [1.54, 1.807) is 6.92 Å². The number of carbonyl (C=O) groups is 2. The molecule has 0 spiro atoms. The van der Waals surface area contributed by atoms with E-state index in [1.807, 2.05) is 0 Å². The van der Waals surface area contributed by atoms with E-state index in [0.29, 0.717) is 0 Å². The molecule has 1 heterocycles. The first-order valence-corrected chi connectivity index (χ1v) is 4.37. The van der Waals surface area contributed by atoms with E-state index < -0.39 is 36.1 Å². The van der Waals surface area contributed by atoms with Crippen LogP contribution in [0.1, 0.15) is 13.8 Å². The van der Waals surface area contributed by atoms with Crippen LogP contribution >= 0.6 is 0 Å². The van der Waals surface area contributed by atoms with Crippen LogP contribution in [0.2, 0.25) is 0 Å². The highest BCUT2D eigenvalue weighted by Crippen LogP contribution is 2.11. The van der Waals surface area contributed by atoms with Crippen LogP contribution in [0, 0.1) is 0 Å². The second-order valence-electron chi connectivity index (χ2n) is 3.46. The smallest absolute Gasteiger partial charge is 0.251 e. The number of rotatable bonds is 1. The van der Waals surface area contributed by atoms with Crippen LogP contribution in [0.15, 0.2) is 0 Å². The number of aliphatic hydroxyl groups is 2. The van der Waals surface area contributed by atoms with Crippen LogP contribution in [-0.4, -0.2) is 46.3 Å². The molecule has 1 aliphatic heterocycles. The Hall–Kier alpha value is -1.14. The Kier molecular flexibility index (Phi) is 3.07. The molecule has 80 valence electrons. The molecule has 0 aromatic carbocycles. The van der Waals surface area contributed by atoms with E-state index in [-0.39, 0.29) is 0 Å². The van der Waals surface area contributed by atoms with Gasteiger partial charge in [0, 0.05) is 6.92 Å². The first kappa shape index (κ1) is 10.9. The third-order valence-corrected chi connectivity index (χ3v) is 2.23. The Morgan fingerprint density at radius 1 is 1.50 bits per heavy atom. The Morgan fingerprint density at radius 3 is 2.57 bits per heavy atom. The maximum atomic E-state index is 11.1. The highest BCUT2D eigenvalue weighted by molar-refractivity contribution is 5.84. The van der Waals surface area contributed by atoms with Gasteiger partial charge < -0.3 is 20.8 Å². The zero-order chi connectivity index (χ0) is 10.9. The van der Waals surface area contributed by atoms with Crippen LogP contribution in [-0.2, 0) is 9.59 Å². The summed E-state index contributed by atoms with van der Waals surface area (Å²) in [6.07, 6.45) is -2.38. The molecule has 14 heavy (non-hydrogen) atoms. The third-order valence-electron chi connectivity index (χ3n) is 2.23. The Morgan fingerprint density at radius 2 is 2.07 bits per heavy atom. The van der Waals surface area contributed by atoms with E-state index >= 15 is 0 Å². The normalized spacial score (nSPS) is 37.6. The summed E-state index contributed by atoms with van der Waals surface area (Å²) in [6, 6.07) is -1.42. The molecule has 4 atom stereocenters. The Balaban J connectivity index is 2.76. The molecule has 0 bridgehead atoms. The number of aliphatic hydroxyl groups excluding tert-OH is 2. The Bertz CT molecular complexity index is 256. The highest BCUT2D eigenvalue weighted by atomic mass is 16.3. The molecule has 1 saturated heterocycles. The van der Waals surface area contributed by atoms with Gasteiger partial charge in [-0.2, -0.15) is 0 Å². The maximum Gasteiger partial charge on any atom is 0.251 e. The van der Waals surface area contributed by atoms with Gasteiger partial charge in [-0.05, 0) is 6.92 Å². The summed E-state index contributed by atoms with van der Waals surface area (Å²) in [5, 5.41) is 23.7. The minimum absolute atomic E-state index is 0.394. The monoisotopic (exact) mass is 202 g/mol. The first-order chi connectivity index (χ1) is 6.43.